The molecular weight excluding hydrogens is 274 g/mol. The lowest BCUT2D eigenvalue weighted by atomic mass is 10.1. The molecule has 110 valence electrons. The Morgan fingerprint density at radius 2 is 1.82 bits per heavy atom. The second-order valence-corrected chi connectivity index (χ2v) is 5.09. The number of amides is 1. The molecule has 0 N–H and O–H groups in total. The number of anilines is 1. The van der Waals surface area contributed by atoms with E-state index in [1.165, 1.54) is 0 Å². The van der Waals surface area contributed by atoms with Crippen LogP contribution in [-0.2, 0) is 0 Å². The van der Waals surface area contributed by atoms with Gasteiger partial charge in [0.1, 0.15) is 5.58 Å². The summed E-state index contributed by atoms with van der Waals surface area (Å²) in [7, 11) is 0. The SMILES string of the molecule is C=CCN(C(=O)c1oc2ccccc2c1C)c1ccccc1. The van der Waals surface area contributed by atoms with Gasteiger partial charge in [-0.05, 0) is 25.1 Å². The Morgan fingerprint density at radius 3 is 2.50 bits per heavy atom. The second kappa shape index (κ2) is 5.90. The Balaban J connectivity index is 2.06. The van der Waals surface area contributed by atoms with E-state index >= 15 is 0 Å². The van der Waals surface area contributed by atoms with Gasteiger partial charge in [-0.1, -0.05) is 42.5 Å². The molecule has 0 spiro atoms. The normalized spacial score (nSPS) is 10.6. The van der Waals surface area contributed by atoms with Crippen molar-refractivity contribution in [3.63, 3.8) is 0 Å². The van der Waals surface area contributed by atoms with Crippen LogP contribution in [0.4, 0.5) is 5.69 Å². The summed E-state index contributed by atoms with van der Waals surface area (Å²) in [4.78, 5) is 14.6. The van der Waals surface area contributed by atoms with E-state index in [0.717, 1.165) is 22.2 Å². The lowest BCUT2D eigenvalue weighted by molar-refractivity contribution is 0.0964. The van der Waals surface area contributed by atoms with E-state index in [2.05, 4.69) is 6.58 Å². The Kier molecular flexibility index (Phi) is 3.79. The van der Waals surface area contributed by atoms with Crippen molar-refractivity contribution in [2.45, 2.75) is 6.92 Å². The molecular formula is C19H17NO2. The van der Waals surface area contributed by atoms with E-state index in [1.54, 1.807) is 11.0 Å². The fraction of sp³-hybridized carbons (Fsp3) is 0.105. The molecule has 0 radical (unpaired) electrons. The maximum absolute atomic E-state index is 12.9. The molecule has 3 heteroatoms. The highest BCUT2D eigenvalue weighted by Gasteiger charge is 2.23. The van der Waals surface area contributed by atoms with Gasteiger partial charge in [0, 0.05) is 23.2 Å². The van der Waals surface area contributed by atoms with E-state index < -0.39 is 0 Å². The molecule has 0 aliphatic rings. The first-order valence-corrected chi connectivity index (χ1v) is 7.18. The minimum Gasteiger partial charge on any atom is -0.451 e. The number of benzene rings is 2. The van der Waals surface area contributed by atoms with Gasteiger partial charge in [-0.3, -0.25) is 4.79 Å². The predicted octanol–water partition coefficient (Wildman–Crippen LogP) is 4.57. The van der Waals surface area contributed by atoms with E-state index in [1.807, 2.05) is 61.5 Å². The van der Waals surface area contributed by atoms with Gasteiger partial charge >= 0.3 is 0 Å². The number of rotatable bonds is 4. The molecule has 3 aromatic rings. The Morgan fingerprint density at radius 1 is 1.14 bits per heavy atom. The summed E-state index contributed by atoms with van der Waals surface area (Å²) < 4.78 is 5.78. The molecule has 22 heavy (non-hydrogen) atoms. The average Bonchev–Trinajstić information content (AvgIpc) is 2.90. The van der Waals surface area contributed by atoms with Crippen LogP contribution in [0.5, 0.6) is 0 Å². The first-order valence-electron chi connectivity index (χ1n) is 7.18. The van der Waals surface area contributed by atoms with Crippen molar-refractivity contribution >= 4 is 22.6 Å². The molecule has 3 rings (SSSR count). The zero-order valence-corrected chi connectivity index (χ0v) is 12.5. The molecule has 0 saturated carbocycles. The van der Waals surface area contributed by atoms with E-state index in [4.69, 9.17) is 4.42 Å². The average molecular weight is 291 g/mol. The van der Waals surface area contributed by atoms with Crippen molar-refractivity contribution in [1.82, 2.24) is 0 Å². The quantitative estimate of drug-likeness (QED) is 0.659. The predicted molar refractivity (Wildman–Crippen MR) is 89.3 cm³/mol. The minimum atomic E-state index is -0.153. The Hall–Kier alpha value is -2.81. The molecule has 0 aliphatic carbocycles. The highest BCUT2D eigenvalue weighted by atomic mass is 16.3. The minimum absolute atomic E-state index is 0.153. The zero-order valence-electron chi connectivity index (χ0n) is 12.5. The number of carbonyl (C=O) groups is 1. The molecule has 0 atom stereocenters. The Bertz CT molecular complexity index is 818. The van der Waals surface area contributed by atoms with Crippen molar-refractivity contribution in [1.29, 1.82) is 0 Å². The molecule has 2 aromatic carbocycles. The van der Waals surface area contributed by atoms with Crippen LogP contribution in [0.25, 0.3) is 11.0 Å². The molecule has 1 amide bonds. The number of fused-ring (bicyclic) bond motifs is 1. The van der Waals surface area contributed by atoms with Crippen molar-refractivity contribution in [3.8, 4) is 0 Å². The summed E-state index contributed by atoms with van der Waals surface area (Å²) in [5.74, 6) is 0.228. The number of para-hydroxylation sites is 2. The third-order valence-corrected chi connectivity index (χ3v) is 3.66. The molecule has 0 saturated heterocycles. The highest BCUT2D eigenvalue weighted by molar-refractivity contribution is 6.08. The summed E-state index contributed by atoms with van der Waals surface area (Å²) in [6, 6.07) is 17.2. The van der Waals surface area contributed by atoms with Crippen LogP contribution in [0.2, 0.25) is 0 Å². The van der Waals surface area contributed by atoms with E-state index in [-0.39, 0.29) is 5.91 Å². The number of hydrogen-bond acceptors (Lipinski definition) is 2. The fourth-order valence-corrected chi connectivity index (χ4v) is 2.54. The van der Waals surface area contributed by atoms with Crippen LogP contribution < -0.4 is 4.90 Å². The maximum atomic E-state index is 12.9. The number of hydrogen-bond donors (Lipinski definition) is 0. The van der Waals surface area contributed by atoms with Crippen LogP contribution in [0.3, 0.4) is 0 Å². The Labute approximate surface area is 129 Å². The van der Waals surface area contributed by atoms with Crippen LogP contribution in [0, 0.1) is 6.92 Å². The maximum Gasteiger partial charge on any atom is 0.294 e. The van der Waals surface area contributed by atoms with Gasteiger partial charge in [-0.25, -0.2) is 0 Å². The molecule has 0 bridgehead atoms. The van der Waals surface area contributed by atoms with Crippen molar-refractivity contribution in [2.75, 3.05) is 11.4 Å². The van der Waals surface area contributed by atoms with Crippen LogP contribution in [0.15, 0.2) is 71.7 Å². The zero-order chi connectivity index (χ0) is 15.5. The number of carbonyl (C=O) groups excluding carboxylic acids is 1. The number of nitrogens with zero attached hydrogens (tertiary/aromatic N) is 1. The molecule has 0 aliphatic heterocycles. The van der Waals surface area contributed by atoms with E-state index in [0.29, 0.717) is 12.3 Å². The largest absolute Gasteiger partial charge is 0.451 e. The van der Waals surface area contributed by atoms with Crippen LogP contribution >= 0.6 is 0 Å². The summed E-state index contributed by atoms with van der Waals surface area (Å²) >= 11 is 0. The van der Waals surface area contributed by atoms with Gasteiger partial charge in [-0.2, -0.15) is 0 Å². The monoisotopic (exact) mass is 291 g/mol. The van der Waals surface area contributed by atoms with Gasteiger partial charge in [0.2, 0.25) is 0 Å². The van der Waals surface area contributed by atoms with E-state index in [9.17, 15) is 4.79 Å². The third-order valence-electron chi connectivity index (χ3n) is 3.66. The first-order chi connectivity index (χ1) is 10.7. The molecule has 3 nitrogen and oxygen atoms in total. The van der Waals surface area contributed by atoms with Crippen LogP contribution in [0.1, 0.15) is 16.1 Å². The molecule has 1 aromatic heterocycles. The summed E-state index contributed by atoms with van der Waals surface area (Å²) in [6.07, 6.45) is 1.71. The highest BCUT2D eigenvalue weighted by Crippen LogP contribution is 2.27. The number of aryl methyl sites for hydroxylation is 1. The van der Waals surface area contributed by atoms with Gasteiger partial charge < -0.3 is 9.32 Å². The second-order valence-electron chi connectivity index (χ2n) is 5.09. The summed E-state index contributed by atoms with van der Waals surface area (Å²) in [5, 5.41) is 0.970. The first kappa shape index (κ1) is 14.1. The lowest BCUT2D eigenvalue weighted by Gasteiger charge is -2.20. The topological polar surface area (TPSA) is 33.5 Å². The van der Waals surface area contributed by atoms with Gasteiger partial charge in [0.25, 0.3) is 5.91 Å². The fourth-order valence-electron chi connectivity index (χ4n) is 2.54. The van der Waals surface area contributed by atoms with Crippen molar-refractivity contribution in [3.05, 3.63) is 78.6 Å². The standard InChI is InChI=1S/C19H17NO2/c1-3-13-20(15-9-5-4-6-10-15)19(21)18-14(2)16-11-7-8-12-17(16)22-18/h3-12H,1,13H2,2H3. The molecule has 0 unspecified atom stereocenters. The third kappa shape index (κ3) is 2.42. The van der Waals surface area contributed by atoms with Gasteiger partial charge in [0.15, 0.2) is 5.76 Å². The smallest absolute Gasteiger partial charge is 0.294 e. The summed E-state index contributed by atoms with van der Waals surface area (Å²) in [5.41, 5.74) is 2.42. The van der Waals surface area contributed by atoms with Crippen molar-refractivity contribution in [2.24, 2.45) is 0 Å². The number of furan rings is 1. The van der Waals surface area contributed by atoms with Gasteiger partial charge in [-0.15, -0.1) is 6.58 Å². The lowest BCUT2D eigenvalue weighted by Crippen LogP contribution is -2.31. The van der Waals surface area contributed by atoms with Gasteiger partial charge in [0.05, 0.1) is 0 Å². The summed E-state index contributed by atoms with van der Waals surface area (Å²) in [6.45, 7) is 6.09. The van der Waals surface area contributed by atoms with Crippen molar-refractivity contribution < 1.29 is 9.21 Å². The molecule has 0 fully saturated rings. The van der Waals surface area contributed by atoms with Crippen LogP contribution in [-0.4, -0.2) is 12.5 Å². The molecule has 1 heterocycles.